The molecule has 124 valence electrons. The third-order valence-corrected chi connectivity index (χ3v) is 7.85. The third-order valence-electron chi connectivity index (χ3n) is 7.85. The van der Waals surface area contributed by atoms with Crippen molar-refractivity contribution in [3.8, 4) is 0 Å². The Kier molecular flexibility index (Phi) is 3.45. The molecule has 4 nitrogen and oxygen atoms in total. The normalized spacial score (nSPS) is 57.9. The van der Waals surface area contributed by atoms with E-state index in [2.05, 4.69) is 6.92 Å². The molecule has 0 aromatic carbocycles. The van der Waals surface area contributed by atoms with E-state index in [4.69, 9.17) is 5.73 Å². The van der Waals surface area contributed by atoms with Crippen LogP contribution in [-0.4, -0.2) is 34.2 Å². The minimum atomic E-state index is -0.337. The molecule has 0 aliphatic heterocycles. The molecule has 4 aliphatic rings. The van der Waals surface area contributed by atoms with Gasteiger partial charge in [0.05, 0.1) is 18.2 Å². The second-order valence-electron chi connectivity index (χ2n) is 8.73. The van der Waals surface area contributed by atoms with Gasteiger partial charge < -0.3 is 15.9 Å². The van der Waals surface area contributed by atoms with Crippen molar-refractivity contribution in [1.82, 2.24) is 0 Å². The number of hydrogen-bond acceptors (Lipinski definition) is 4. The van der Waals surface area contributed by atoms with Gasteiger partial charge in [-0.2, -0.15) is 0 Å². The molecule has 0 bridgehead atoms. The Morgan fingerprint density at radius 3 is 2.68 bits per heavy atom. The lowest BCUT2D eigenvalue weighted by atomic mass is 9.49. The highest BCUT2D eigenvalue weighted by Crippen LogP contribution is 2.61. The summed E-state index contributed by atoms with van der Waals surface area (Å²) in [6.45, 7) is 2.17. The zero-order valence-corrected chi connectivity index (χ0v) is 13.4. The molecular weight excluding hydrogens is 278 g/mol. The number of hydrogen-bond donors (Lipinski definition) is 3. The number of carbonyl (C=O) groups is 1. The first kappa shape index (κ1) is 15.1. The lowest BCUT2D eigenvalue weighted by Gasteiger charge is -2.57. The highest BCUT2D eigenvalue weighted by molar-refractivity contribution is 5.87. The molecule has 4 saturated carbocycles. The van der Waals surface area contributed by atoms with E-state index in [9.17, 15) is 15.0 Å². The van der Waals surface area contributed by atoms with Crippen LogP contribution in [0.2, 0.25) is 0 Å². The molecule has 0 saturated heterocycles. The van der Waals surface area contributed by atoms with E-state index < -0.39 is 0 Å². The van der Waals surface area contributed by atoms with Crippen molar-refractivity contribution in [3.05, 3.63) is 0 Å². The maximum Gasteiger partial charge on any atom is 0.150 e. The standard InChI is InChI=1S/C18H29NO3/c1-18-5-4-12-11-3-2-10(20)6-9(11)7-14(21)16(12)13(18)8-15(22)17(18)19/h9-14,16-17,20-21H,2-8,19H2,1H3/t9?,10-,11-,12+,13-,14-,16+,17-,18-/m0/s1. The number of aliphatic hydroxyl groups excluding tert-OH is 2. The first-order valence-corrected chi connectivity index (χ1v) is 9.06. The lowest BCUT2D eigenvalue weighted by Crippen LogP contribution is -2.56. The minimum absolute atomic E-state index is 0.111. The number of ketones is 1. The van der Waals surface area contributed by atoms with Crippen LogP contribution in [0.25, 0.3) is 0 Å². The van der Waals surface area contributed by atoms with Crippen molar-refractivity contribution in [2.45, 2.75) is 70.1 Å². The molecule has 0 aromatic heterocycles. The van der Waals surface area contributed by atoms with Crippen molar-refractivity contribution in [3.63, 3.8) is 0 Å². The highest BCUT2D eigenvalue weighted by Gasteiger charge is 2.61. The zero-order chi connectivity index (χ0) is 15.6. The van der Waals surface area contributed by atoms with Crippen LogP contribution in [-0.2, 0) is 4.79 Å². The predicted octanol–water partition coefficient (Wildman–Crippen LogP) is 1.48. The first-order valence-electron chi connectivity index (χ1n) is 9.06. The Morgan fingerprint density at radius 1 is 1.14 bits per heavy atom. The van der Waals surface area contributed by atoms with Gasteiger partial charge in [-0.05, 0) is 73.5 Å². The van der Waals surface area contributed by atoms with Crippen LogP contribution in [0.15, 0.2) is 0 Å². The topological polar surface area (TPSA) is 83.5 Å². The Balaban J connectivity index is 1.64. The highest BCUT2D eigenvalue weighted by atomic mass is 16.3. The summed E-state index contributed by atoms with van der Waals surface area (Å²) in [6.07, 6.45) is 5.82. The fourth-order valence-electron chi connectivity index (χ4n) is 6.68. The maximum absolute atomic E-state index is 12.2. The van der Waals surface area contributed by atoms with Crippen LogP contribution in [0.5, 0.6) is 0 Å². The van der Waals surface area contributed by atoms with Gasteiger partial charge in [-0.15, -0.1) is 0 Å². The van der Waals surface area contributed by atoms with Crippen LogP contribution < -0.4 is 5.73 Å². The summed E-state index contributed by atoms with van der Waals surface area (Å²) in [7, 11) is 0. The van der Waals surface area contributed by atoms with Crippen LogP contribution in [0, 0.1) is 35.0 Å². The molecule has 4 heteroatoms. The second kappa shape index (κ2) is 5.02. The van der Waals surface area contributed by atoms with E-state index in [1.54, 1.807) is 0 Å². The molecular formula is C18H29NO3. The van der Waals surface area contributed by atoms with E-state index in [0.29, 0.717) is 24.2 Å². The number of carbonyl (C=O) groups excluding carboxylic acids is 1. The molecule has 4 fully saturated rings. The molecule has 0 aromatic rings. The van der Waals surface area contributed by atoms with Crippen LogP contribution in [0.4, 0.5) is 0 Å². The van der Waals surface area contributed by atoms with Gasteiger partial charge in [-0.3, -0.25) is 4.79 Å². The molecule has 4 aliphatic carbocycles. The fraction of sp³-hybridized carbons (Fsp3) is 0.944. The zero-order valence-electron chi connectivity index (χ0n) is 13.4. The summed E-state index contributed by atoms with van der Waals surface area (Å²) in [6, 6.07) is -0.337. The largest absolute Gasteiger partial charge is 0.393 e. The van der Waals surface area contributed by atoms with Crippen molar-refractivity contribution < 1.29 is 15.0 Å². The Bertz CT molecular complexity index is 481. The molecule has 0 amide bonds. The van der Waals surface area contributed by atoms with Crippen LogP contribution in [0.3, 0.4) is 0 Å². The molecule has 4 rings (SSSR count). The van der Waals surface area contributed by atoms with Crippen molar-refractivity contribution in [1.29, 1.82) is 0 Å². The van der Waals surface area contributed by atoms with Crippen LogP contribution >= 0.6 is 0 Å². The SMILES string of the molecule is C[C@]12CC[C@H]3[C@@H]([C@@H](O)CC4C[C@@H](O)CC[C@@H]43)[C@@H]1CC(=O)[C@@H]2N. The van der Waals surface area contributed by atoms with Gasteiger partial charge in [0.1, 0.15) is 5.78 Å². The molecule has 22 heavy (non-hydrogen) atoms. The van der Waals surface area contributed by atoms with E-state index in [1.807, 2.05) is 0 Å². The van der Waals surface area contributed by atoms with Gasteiger partial charge >= 0.3 is 0 Å². The van der Waals surface area contributed by atoms with Gasteiger partial charge in [-0.25, -0.2) is 0 Å². The summed E-state index contributed by atoms with van der Waals surface area (Å²) >= 11 is 0. The van der Waals surface area contributed by atoms with E-state index in [1.165, 1.54) is 0 Å². The van der Waals surface area contributed by atoms with Gasteiger partial charge in [0.25, 0.3) is 0 Å². The Morgan fingerprint density at radius 2 is 1.91 bits per heavy atom. The summed E-state index contributed by atoms with van der Waals surface area (Å²) in [5.41, 5.74) is 6.11. The van der Waals surface area contributed by atoms with Gasteiger partial charge in [0.15, 0.2) is 0 Å². The predicted molar refractivity (Wildman–Crippen MR) is 82.9 cm³/mol. The molecule has 4 N–H and O–H groups in total. The van der Waals surface area contributed by atoms with Crippen molar-refractivity contribution in [2.75, 3.05) is 0 Å². The second-order valence-corrected chi connectivity index (χ2v) is 8.73. The summed E-state index contributed by atoms with van der Waals surface area (Å²) in [5.74, 6) is 2.33. The molecule has 1 unspecified atom stereocenters. The average molecular weight is 307 g/mol. The number of Topliss-reactive ketones (excluding diaryl/α,β-unsaturated/α-hetero) is 1. The maximum atomic E-state index is 12.2. The Labute approximate surface area is 132 Å². The first-order chi connectivity index (χ1) is 10.4. The van der Waals surface area contributed by atoms with Crippen molar-refractivity contribution >= 4 is 5.78 Å². The van der Waals surface area contributed by atoms with Gasteiger partial charge in [-0.1, -0.05) is 6.92 Å². The third kappa shape index (κ3) is 1.96. The number of rotatable bonds is 0. The summed E-state index contributed by atoms with van der Waals surface area (Å²) < 4.78 is 0. The number of fused-ring (bicyclic) bond motifs is 5. The smallest absolute Gasteiger partial charge is 0.150 e. The van der Waals surface area contributed by atoms with Crippen LogP contribution in [0.1, 0.15) is 51.9 Å². The van der Waals surface area contributed by atoms with E-state index in [-0.39, 0.29) is 41.3 Å². The molecule has 9 atom stereocenters. The molecule has 0 spiro atoms. The van der Waals surface area contributed by atoms with Gasteiger partial charge in [0, 0.05) is 6.42 Å². The Hall–Kier alpha value is -0.450. The van der Waals surface area contributed by atoms with E-state index in [0.717, 1.165) is 38.5 Å². The average Bonchev–Trinajstić information content (AvgIpc) is 2.70. The number of aliphatic hydroxyl groups is 2. The van der Waals surface area contributed by atoms with E-state index >= 15 is 0 Å². The monoisotopic (exact) mass is 307 g/mol. The lowest BCUT2D eigenvalue weighted by molar-refractivity contribution is -0.129. The van der Waals surface area contributed by atoms with Gasteiger partial charge in [0.2, 0.25) is 0 Å². The quantitative estimate of drug-likeness (QED) is 0.633. The number of nitrogens with two attached hydrogens (primary N) is 1. The fourth-order valence-corrected chi connectivity index (χ4v) is 6.68. The minimum Gasteiger partial charge on any atom is -0.393 e. The summed E-state index contributed by atoms with van der Waals surface area (Å²) in [5, 5.41) is 20.8. The molecule has 0 radical (unpaired) electrons. The molecule has 0 heterocycles. The summed E-state index contributed by atoms with van der Waals surface area (Å²) in [4.78, 5) is 12.2. The van der Waals surface area contributed by atoms with Crippen molar-refractivity contribution in [2.24, 2.45) is 40.7 Å².